The summed E-state index contributed by atoms with van der Waals surface area (Å²) in [6.07, 6.45) is -0.628. The molecule has 0 aliphatic carbocycles. The van der Waals surface area contributed by atoms with Crippen molar-refractivity contribution < 1.29 is 28.6 Å². The van der Waals surface area contributed by atoms with Crippen LogP contribution in [0.15, 0.2) is 46.8 Å². The van der Waals surface area contributed by atoms with Crippen LogP contribution in [0.2, 0.25) is 0 Å². The maximum absolute atomic E-state index is 12.4. The van der Waals surface area contributed by atoms with E-state index in [9.17, 15) is 14.4 Å². The molecule has 27 heavy (non-hydrogen) atoms. The second kappa shape index (κ2) is 8.39. The number of esters is 2. The van der Waals surface area contributed by atoms with Gasteiger partial charge in [0.05, 0.1) is 38.4 Å². The van der Waals surface area contributed by atoms with E-state index < -0.39 is 23.9 Å². The van der Waals surface area contributed by atoms with Crippen LogP contribution in [-0.4, -0.2) is 39.4 Å². The van der Waals surface area contributed by atoms with Gasteiger partial charge in [-0.25, -0.2) is 14.4 Å². The van der Waals surface area contributed by atoms with Crippen molar-refractivity contribution in [3.8, 4) is 0 Å². The second-order valence-electron chi connectivity index (χ2n) is 5.86. The van der Waals surface area contributed by atoms with Gasteiger partial charge in [0.2, 0.25) is 0 Å². The first kappa shape index (κ1) is 20.0. The molecular formula is C19H22N2O6. The van der Waals surface area contributed by atoms with Gasteiger partial charge in [0.1, 0.15) is 0 Å². The minimum atomic E-state index is -0.717. The summed E-state index contributed by atoms with van der Waals surface area (Å²) in [6.45, 7) is 3.46. The number of anilines is 1. The molecule has 2 N–H and O–H groups in total. The molecule has 144 valence electrons. The van der Waals surface area contributed by atoms with E-state index in [0.717, 1.165) is 0 Å². The summed E-state index contributed by atoms with van der Waals surface area (Å²) in [4.78, 5) is 36.4. The molecule has 1 heterocycles. The lowest BCUT2D eigenvalue weighted by atomic mass is 9.80. The van der Waals surface area contributed by atoms with Crippen molar-refractivity contribution in [1.82, 2.24) is 5.32 Å². The van der Waals surface area contributed by atoms with Crippen LogP contribution in [-0.2, 0) is 23.8 Å². The number of amides is 1. The van der Waals surface area contributed by atoms with Gasteiger partial charge in [-0.05, 0) is 31.5 Å². The van der Waals surface area contributed by atoms with Gasteiger partial charge in [0.25, 0.3) is 0 Å². The molecule has 1 aliphatic rings. The molecular weight excluding hydrogens is 352 g/mol. The highest BCUT2D eigenvalue weighted by Gasteiger charge is 2.37. The average Bonchev–Trinajstić information content (AvgIpc) is 2.66. The van der Waals surface area contributed by atoms with Crippen LogP contribution in [0.4, 0.5) is 10.5 Å². The zero-order chi connectivity index (χ0) is 20.1. The average molecular weight is 374 g/mol. The fourth-order valence-corrected chi connectivity index (χ4v) is 3.05. The first-order valence-corrected chi connectivity index (χ1v) is 8.14. The SMILES string of the molecule is COC(=O)Nc1cccc(C2C(C(=O)OC)=C(C)NC(C)=C2C(=O)OC)c1. The number of hydrogen-bond acceptors (Lipinski definition) is 7. The number of rotatable bonds is 4. The molecule has 2 rings (SSSR count). The molecule has 1 aromatic rings. The minimum Gasteiger partial charge on any atom is -0.466 e. The maximum atomic E-state index is 12.4. The molecule has 0 radical (unpaired) electrons. The van der Waals surface area contributed by atoms with Crippen molar-refractivity contribution in [2.45, 2.75) is 19.8 Å². The molecule has 0 unspecified atom stereocenters. The van der Waals surface area contributed by atoms with Crippen molar-refractivity contribution in [3.63, 3.8) is 0 Å². The molecule has 1 aliphatic heterocycles. The Labute approximate surface area is 157 Å². The Morgan fingerprint density at radius 1 is 0.926 bits per heavy atom. The quantitative estimate of drug-likeness (QED) is 0.616. The Balaban J connectivity index is 2.63. The summed E-state index contributed by atoms with van der Waals surface area (Å²) in [7, 11) is 3.81. The van der Waals surface area contributed by atoms with Crippen molar-refractivity contribution in [3.05, 3.63) is 52.4 Å². The number of hydrogen-bond donors (Lipinski definition) is 2. The zero-order valence-corrected chi connectivity index (χ0v) is 15.8. The van der Waals surface area contributed by atoms with Gasteiger partial charge >= 0.3 is 18.0 Å². The molecule has 0 saturated carbocycles. The molecule has 0 atom stereocenters. The van der Waals surface area contributed by atoms with E-state index in [-0.39, 0.29) is 0 Å². The summed E-state index contributed by atoms with van der Waals surface area (Å²) >= 11 is 0. The first-order chi connectivity index (χ1) is 12.8. The number of benzene rings is 1. The van der Waals surface area contributed by atoms with Crippen molar-refractivity contribution >= 4 is 23.7 Å². The number of allylic oxidation sites excluding steroid dienone is 2. The highest BCUT2D eigenvalue weighted by Crippen LogP contribution is 2.39. The van der Waals surface area contributed by atoms with Crippen LogP contribution >= 0.6 is 0 Å². The Hall–Kier alpha value is -3.29. The van der Waals surface area contributed by atoms with Crippen LogP contribution in [0.3, 0.4) is 0 Å². The van der Waals surface area contributed by atoms with Gasteiger partial charge in [-0.1, -0.05) is 12.1 Å². The molecule has 8 nitrogen and oxygen atoms in total. The fourth-order valence-electron chi connectivity index (χ4n) is 3.05. The molecule has 1 aromatic carbocycles. The Kier molecular flexibility index (Phi) is 6.23. The Bertz CT molecular complexity index is 802. The first-order valence-electron chi connectivity index (χ1n) is 8.14. The lowest BCUT2D eigenvalue weighted by Crippen LogP contribution is -2.32. The smallest absolute Gasteiger partial charge is 0.411 e. The van der Waals surface area contributed by atoms with Gasteiger partial charge in [0.15, 0.2) is 0 Å². The van der Waals surface area contributed by atoms with Gasteiger partial charge in [-0.2, -0.15) is 0 Å². The number of carbonyl (C=O) groups is 3. The summed E-state index contributed by atoms with van der Waals surface area (Å²) < 4.78 is 14.4. The van der Waals surface area contributed by atoms with Crippen molar-refractivity contribution in [1.29, 1.82) is 0 Å². The van der Waals surface area contributed by atoms with Gasteiger partial charge in [0, 0.05) is 17.1 Å². The number of carbonyl (C=O) groups excluding carboxylic acids is 3. The lowest BCUT2D eigenvalue weighted by molar-refractivity contribution is -0.137. The maximum Gasteiger partial charge on any atom is 0.411 e. The predicted octanol–water partition coefficient (Wildman–Crippen LogP) is 2.45. The third-order valence-electron chi connectivity index (χ3n) is 4.22. The molecule has 0 saturated heterocycles. The number of dihydropyridines is 1. The minimum absolute atomic E-state index is 0.290. The molecule has 0 bridgehead atoms. The fraction of sp³-hybridized carbons (Fsp3) is 0.316. The molecule has 0 spiro atoms. The van der Waals surface area contributed by atoms with Crippen LogP contribution in [0.25, 0.3) is 0 Å². The Morgan fingerprint density at radius 2 is 1.48 bits per heavy atom. The molecule has 0 aromatic heterocycles. The van der Waals surface area contributed by atoms with Crippen molar-refractivity contribution in [2.24, 2.45) is 0 Å². The molecule has 8 heteroatoms. The highest BCUT2D eigenvalue weighted by molar-refractivity contribution is 6.00. The lowest BCUT2D eigenvalue weighted by Gasteiger charge is -2.30. The van der Waals surface area contributed by atoms with E-state index in [2.05, 4.69) is 15.4 Å². The van der Waals surface area contributed by atoms with Crippen LogP contribution < -0.4 is 10.6 Å². The van der Waals surface area contributed by atoms with Gasteiger partial charge in [-0.15, -0.1) is 0 Å². The standard InChI is InChI=1S/C19H22N2O6/c1-10-14(17(22)25-3)16(15(11(2)20-10)18(23)26-4)12-7-6-8-13(9-12)21-19(24)27-5/h6-9,16,20H,1-5H3,(H,21,24). The van der Waals surface area contributed by atoms with E-state index in [1.54, 1.807) is 38.1 Å². The summed E-state index contributed by atoms with van der Waals surface area (Å²) in [5.74, 6) is -1.85. The monoisotopic (exact) mass is 374 g/mol. The summed E-state index contributed by atoms with van der Waals surface area (Å²) in [5.41, 5.74) is 2.80. The van der Waals surface area contributed by atoms with Crippen LogP contribution in [0, 0.1) is 0 Å². The number of nitrogens with one attached hydrogen (secondary N) is 2. The summed E-state index contributed by atoms with van der Waals surface area (Å²) in [6, 6.07) is 6.80. The van der Waals surface area contributed by atoms with E-state index in [1.807, 2.05) is 0 Å². The molecule has 0 fully saturated rings. The normalized spacial score (nSPS) is 14.4. The number of methoxy groups -OCH3 is 3. The van der Waals surface area contributed by atoms with E-state index in [1.165, 1.54) is 21.3 Å². The largest absolute Gasteiger partial charge is 0.466 e. The topological polar surface area (TPSA) is 103 Å². The second-order valence-corrected chi connectivity index (χ2v) is 5.86. The van der Waals surface area contributed by atoms with Crippen molar-refractivity contribution in [2.75, 3.05) is 26.6 Å². The van der Waals surface area contributed by atoms with Gasteiger partial charge in [-0.3, -0.25) is 5.32 Å². The van der Waals surface area contributed by atoms with Crippen LogP contribution in [0.5, 0.6) is 0 Å². The summed E-state index contributed by atoms with van der Waals surface area (Å²) in [5, 5.41) is 5.60. The van der Waals surface area contributed by atoms with E-state index >= 15 is 0 Å². The highest BCUT2D eigenvalue weighted by atomic mass is 16.5. The predicted molar refractivity (Wildman–Crippen MR) is 97.8 cm³/mol. The zero-order valence-electron chi connectivity index (χ0n) is 15.8. The van der Waals surface area contributed by atoms with Gasteiger partial charge < -0.3 is 19.5 Å². The number of ether oxygens (including phenoxy) is 3. The Morgan fingerprint density at radius 3 is 1.96 bits per heavy atom. The molecule has 1 amide bonds. The third-order valence-corrected chi connectivity index (χ3v) is 4.22. The third kappa shape index (κ3) is 4.11. The van der Waals surface area contributed by atoms with E-state index in [0.29, 0.717) is 33.8 Å². The van der Waals surface area contributed by atoms with E-state index in [4.69, 9.17) is 9.47 Å². The van der Waals surface area contributed by atoms with Crippen LogP contribution in [0.1, 0.15) is 25.3 Å².